The molecule has 0 atom stereocenters. The SMILES string of the molecule is COc1cc(C(=O)OCc2ccc(F)cc2)c([N+](=O)[O-])cc1OC(F)F. The van der Waals surface area contributed by atoms with Gasteiger partial charge in [0.1, 0.15) is 18.0 Å². The van der Waals surface area contributed by atoms with Crippen LogP contribution in [0.15, 0.2) is 36.4 Å². The summed E-state index contributed by atoms with van der Waals surface area (Å²) >= 11 is 0. The zero-order valence-electron chi connectivity index (χ0n) is 13.3. The van der Waals surface area contributed by atoms with Crippen LogP contribution in [0.4, 0.5) is 18.9 Å². The molecule has 7 nitrogen and oxygen atoms in total. The van der Waals surface area contributed by atoms with E-state index in [0.717, 1.165) is 25.3 Å². The maximum atomic E-state index is 12.8. The predicted octanol–water partition coefficient (Wildman–Crippen LogP) is 3.70. The zero-order valence-corrected chi connectivity index (χ0v) is 13.3. The van der Waals surface area contributed by atoms with Gasteiger partial charge in [0.25, 0.3) is 5.69 Å². The first kappa shape index (κ1) is 19.0. The van der Waals surface area contributed by atoms with Gasteiger partial charge in [0, 0.05) is 6.07 Å². The van der Waals surface area contributed by atoms with E-state index in [-0.39, 0.29) is 12.4 Å². The molecule has 0 heterocycles. The van der Waals surface area contributed by atoms with Crippen molar-refractivity contribution in [2.45, 2.75) is 13.2 Å². The highest BCUT2D eigenvalue weighted by Gasteiger charge is 2.27. The highest BCUT2D eigenvalue weighted by Crippen LogP contribution is 2.36. The molecule has 2 aromatic carbocycles. The number of carbonyl (C=O) groups excluding carboxylic acids is 1. The second kappa shape index (κ2) is 8.19. The van der Waals surface area contributed by atoms with Gasteiger partial charge >= 0.3 is 12.6 Å². The molecule has 0 aromatic heterocycles. The molecule has 10 heteroatoms. The summed E-state index contributed by atoms with van der Waals surface area (Å²) < 4.78 is 51.6. The molecule has 0 N–H and O–H groups in total. The van der Waals surface area contributed by atoms with Gasteiger partial charge in [-0.25, -0.2) is 9.18 Å². The maximum Gasteiger partial charge on any atom is 0.387 e. The van der Waals surface area contributed by atoms with Crippen molar-refractivity contribution in [3.63, 3.8) is 0 Å². The van der Waals surface area contributed by atoms with Crippen molar-refractivity contribution in [1.29, 1.82) is 0 Å². The van der Waals surface area contributed by atoms with Gasteiger partial charge in [0.2, 0.25) is 0 Å². The van der Waals surface area contributed by atoms with Crippen LogP contribution in [0.1, 0.15) is 15.9 Å². The van der Waals surface area contributed by atoms with Crippen molar-refractivity contribution < 1.29 is 37.1 Å². The van der Waals surface area contributed by atoms with Gasteiger partial charge < -0.3 is 14.2 Å². The van der Waals surface area contributed by atoms with E-state index < -0.39 is 40.3 Å². The van der Waals surface area contributed by atoms with Gasteiger partial charge in [-0.2, -0.15) is 8.78 Å². The fourth-order valence-electron chi connectivity index (χ4n) is 2.02. The number of esters is 1. The first-order valence-electron chi connectivity index (χ1n) is 7.04. The van der Waals surface area contributed by atoms with Crippen LogP contribution in [0.5, 0.6) is 11.5 Å². The van der Waals surface area contributed by atoms with Gasteiger partial charge in [-0.3, -0.25) is 10.1 Å². The van der Waals surface area contributed by atoms with Crippen LogP contribution in [-0.2, 0) is 11.3 Å². The average molecular weight is 371 g/mol. The lowest BCUT2D eigenvalue weighted by Crippen LogP contribution is -2.10. The summed E-state index contributed by atoms with van der Waals surface area (Å²) in [5, 5.41) is 11.1. The van der Waals surface area contributed by atoms with E-state index in [1.807, 2.05) is 0 Å². The minimum absolute atomic E-state index is 0.270. The number of alkyl halides is 2. The summed E-state index contributed by atoms with van der Waals surface area (Å²) in [7, 11) is 1.12. The molecule has 0 amide bonds. The van der Waals surface area contributed by atoms with Crippen LogP contribution in [0.2, 0.25) is 0 Å². The van der Waals surface area contributed by atoms with Crippen LogP contribution >= 0.6 is 0 Å². The Balaban J connectivity index is 2.29. The van der Waals surface area contributed by atoms with E-state index in [2.05, 4.69) is 4.74 Å². The van der Waals surface area contributed by atoms with Gasteiger partial charge in [-0.1, -0.05) is 12.1 Å². The quantitative estimate of drug-likeness (QED) is 0.419. The smallest absolute Gasteiger partial charge is 0.387 e. The lowest BCUT2D eigenvalue weighted by molar-refractivity contribution is -0.385. The van der Waals surface area contributed by atoms with E-state index in [1.54, 1.807) is 0 Å². The first-order valence-corrected chi connectivity index (χ1v) is 7.04. The number of hydrogen-bond acceptors (Lipinski definition) is 6. The lowest BCUT2D eigenvalue weighted by atomic mass is 10.1. The monoisotopic (exact) mass is 371 g/mol. The van der Waals surface area contributed by atoms with Gasteiger partial charge in [0.05, 0.1) is 18.1 Å². The van der Waals surface area contributed by atoms with Crippen molar-refractivity contribution in [2.75, 3.05) is 7.11 Å². The van der Waals surface area contributed by atoms with Crippen LogP contribution < -0.4 is 9.47 Å². The molecule has 2 aromatic rings. The van der Waals surface area contributed by atoms with Crippen molar-refractivity contribution in [2.24, 2.45) is 0 Å². The number of carbonyl (C=O) groups is 1. The fourth-order valence-corrected chi connectivity index (χ4v) is 2.02. The summed E-state index contributed by atoms with van der Waals surface area (Å²) in [4.78, 5) is 22.4. The molecular formula is C16H12F3NO6. The van der Waals surface area contributed by atoms with Gasteiger partial charge in [-0.15, -0.1) is 0 Å². The summed E-state index contributed by atoms with van der Waals surface area (Å²) in [6.45, 7) is -3.51. The summed E-state index contributed by atoms with van der Waals surface area (Å²) in [5.74, 6) is -2.45. The molecule has 26 heavy (non-hydrogen) atoms. The average Bonchev–Trinajstić information content (AvgIpc) is 2.60. The lowest BCUT2D eigenvalue weighted by Gasteiger charge is -2.12. The van der Waals surface area contributed by atoms with E-state index in [9.17, 15) is 28.1 Å². The van der Waals surface area contributed by atoms with Crippen molar-refractivity contribution in [1.82, 2.24) is 0 Å². The fraction of sp³-hybridized carbons (Fsp3) is 0.188. The number of nitrogens with zero attached hydrogens (tertiary/aromatic N) is 1. The molecule has 0 spiro atoms. The van der Waals surface area contributed by atoms with E-state index in [1.165, 1.54) is 12.1 Å². The number of ether oxygens (including phenoxy) is 3. The van der Waals surface area contributed by atoms with Crippen LogP contribution in [0.25, 0.3) is 0 Å². The zero-order chi connectivity index (χ0) is 19.3. The molecule has 2 rings (SSSR count). The molecule has 0 saturated carbocycles. The second-order valence-electron chi connectivity index (χ2n) is 4.86. The number of nitro groups is 1. The highest BCUT2D eigenvalue weighted by molar-refractivity contribution is 5.95. The number of nitro benzene ring substituents is 1. The standard InChI is InChI=1S/C16H12F3NO6/c1-24-13-6-11(12(20(22)23)7-14(13)26-16(18)19)15(21)25-8-9-2-4-10(17)5-3-9/h2-7,16H,8H2,1H3. The van der Waals surface area contributed by atoms with Gasteiger partial charge in [-0.05, 0) is 17.7 Å². The highest BCUT2D eigenvalue weighted by atomic mass is 19.3. The summed E-state index contributed by atoms with van der Waals surface area (Å²) in [5.41, 5.74) is -0.840. The third-order valence-electron chi connectivity index (χ3n) is 3.20. The maximum absolute atomic E-state index is 12.8. The predicted molar refractivity (Wildman–Crippen MR) is 81.8 cm³/mol. The number of hydrogen-bond donors (Lipinski definition) is 0. The number of methoxy groups -OCH3 is 1. The van der Waals surface area contributed by atoms with Gasteiger partial charge in [0.15, 0.2) is 11.5 Å². The number of benzene rings is 2. The molecule has 138 valence electrons. The topological polar surface area (TPSA) is 87.9 Å². The molecule has 0 radical (unpaired) electrons. The first-order chi connectivity index (χ1) is 12.3. The number of halogens is 3. The third kappa shape index (κ3) is 4.62. The largest absolute Gasteiger partial charge is 0.493 e. The Bertz CT molecular complexity index is 810. The molecule has 0 bridgehead atoms. The summed E-state index contributed by atoms with van der Waals surface area (Å²) in [6.07, 6.45) is 0. The Morgan fingerprint density at radius 2 is 1.85 bits per heavy atom. The van der Waals surface area contributed by atoms with Crippen molar-refractivity contribution in [3.8, 4) is 11.5 Å². The minimum atomic E-state index is -3.24. The van der Waals surface area contributed by atoms with Crippen molar-refractivity contribution >= 4 is 11.7 Å². The van der Waals surface area contributed by atoms with E-state index in [4.69, 9.17) is 9.47 Å². The van der Waals surface area contributed by atoms with Crippen molar-refractivity contribution in [3.05, 3.63) is 63.5 Å². The van der Waals surface area contributed by atoms with E-state index >= 15 is 0 Å². The molecule has 0 aliphatic rings. The molecule has 0 unspecified atom stereocenters. The Kier molecular flexibility index (Phi) is 5.99. The normalized spacial score (nSPS) is 10.5. The molecule has 0 aliphatic carbocycles. The Morgan fingerprint density at radius 3 is 2.38 bits per heavy atom. The third-order valence-corrected chi connectivity index (χ3v) is 3.20. The molecular weight excluding hydrogens is 359 g/mol. The Hall–Kier alpha value is -3.30. The Labute approximate surface area is 145 Å². The Morgan fingerprint density at radius 1 is 1.19 bits per heavy atom. The number of rotatable bonds is 7. The van der Waals surface area contributed by atoms with Crippen LogP contribution in [0, 0.1) is 15.9 Å². The van der Waals surface area contributed by atoms with Crippen LogP contribution in [-0.4, -0.2) is 24.6 Å². The molecule has 0 aliphatic heterocycles. The molecule has 0 saturated heterocycles. The molecule has 0 fully saturated rings. The summed E-state index contributed by atoms with van der Waals surface area (Å²) in [6, 6.07) is 6.59. The second-order valence-corrected chi connectivity index (χ2v) is 4.86. The van der Waals surface area contributed by atoms with Crippen LogP contribution in [0.3, 0.4) is 0 Å². The minimum Gasteiger partial charge on any atom is -0.493 e. The van der Waals surface area contributed by atoms with E-state index in [0.29, 0.717) is 11.6 Å².